The summed E-state index contributed by atoms with van der Waals surface area (Å²) in [4.78, 5) is 5.62. The third-order valence-electron chi connectivity index (χ3n) is 3.11. The number of rotatable bonds is 2. The van der Waals surface area contributed by atoms with Crippen LogP contribution in [0, 0.1) is 13.8 Å². The van der Waals surface area contributed by atoms with Gasteiger partial charge in [0.1, 0.15) is 5.69 Å². The molecule has 0 aliphatic rings. The van der Waals surface area contributed by atoms with E-state index in [4.69, 9.17) is 0 Å². The molecule has 3 aromatic rings. The van der Waals surface area contributed by atoms with E-state index < -0.39 is 10.8 Å². The van der Waals surface area contributed by atoms with Crippen LogP contribution in [0.15, 0.2) is 29.4 Å². The van der Waals surface area contributed by atoms with E-state index in [2.05, 4.69) is 15.2 Å². The number of fused-ring (bicyclic) bond motifs is 1. The van der Waals surface area contributed by atoms with E-state index in [1.807, 2.05) is 26.0 Å². The third kappa shape index (κ3) is 1.88. The minimum absolute atomic E-state index is 0.806. The van der Waals surface area contributed by atoms with Crippen LogP contribution < -0.4 is 0 Å². The summed E-state index contributed by atoms with van der Waals surface area (Å²) in [5.41, 5.74) is 3.75. The summed E-state index contributed by atoms with van der Waals surface area (Å²) in [7, 11) is -1.02. The first kappa shape index (κ1) is 12.1. The van der Waals surface area contributed by atoms with Crippen LogP contribution >= 0.6 is 0 Å². The maximum absolute atomic E-state index is 11.7. The Morgan fingerprint density at radius 3 is 2.74 bits per heavy atom. The molecule has 2 heterocycles. The van der Waals surface area contributed by atoms with Crippen molar-refractivity contribution in [3.8, 4) is 5.69 Å². The molecule has 3 rings (SSSR count). The van der Waals surface area contributed by atoms with Crippen LogP contribution in [0.2, 0.25) is 0 Å². The molecular weight excluding hydrogens is 260 g/mol. The molecule has 5 nitrogen and oxygen atoms in total. The maximum Gasteiger partial charge on any atom is 0.113 e. The normalized spacial score (nSPS) is 13.0. The Hall–Kier alpha value is -1.95. The molecular formula is C13H14N4OS. The zero-order chi connectivity index (χ0) is 13.6. The van der Waals surface area contributed by atoms with Gasteiger partial charge in [0.15, 0.2) is 0 Å². The van der Waals surface area contributed by atoms with Gasteiger partial charge in [-0.2, -0.15) is 10.2 Å². The minimum Gasteiger partial charge on any atom is -0.358 e. The number of nitrogens with one attached hydrogen (secondary N) is 1. The fourth-order valence-corrected chi connectivity index (χ4v) is 2.91. The first-order valence-electron chi connectivity index (χ1n) is 5.91. The highest BCUT2D eigenvalue weighted by molar-refractivity contribution is 7.84. The van der Waals surface area contributed by atoms with Crippen LogP contribution in [-0.4, -0.2) is 30.4 Å². The van der Waals surface area contributed by atoms with Gasteiger partial charge in [-0.1, -0.05) is 12.1 Å². The summed E-state index contributed by atoms with van der Waals surface area (Å²) in [6.45, 7) is 3.91. The van der Waals surface area contributed by atoms with Crippen molar-refractivity contribution in [2.24, 2.45) is 0 Å². The topological polar surface area (TPSA) is 63.6 Å². The summed E-state index contributed by atoms with van der Waals surface area (Å²) < 4.78 is 11.7. The molecule has 0 fully saturated rings. The Balaban J connectivity index is 2.35. The molecule has 1 aromatic carbocycles. The van der Waals surface area contributed by atoms with Crippen LogP contribution in [0.3, 0.4) is 0 Å². The molecule has 19 heavy (non-hydrogen) atoms. The number of aromatic amines is 1. The molecule has 1 unspecified atom stereocenters. The average Bonchev–Trinajstić information content (AvgIpc) is 2.95. The summed E-state index contributed by atoms with van der Waals surface area (Å²) in [6.07, 6.45) is 5.19. The lowest BCUT2D eigenvalue weighted by Crippen LogP contribution is -2.02. The number of hydrogen-bond acceptors (Lipinski definition) is 3. The van der Waals surface area contributed by atoms with Crippen molar-refractivity contribution >= 4 is 21.7 Å². The molecule has 0 spiro atoms. The van der Waals surface area contributed by atoms with Crippen molar-refractivity contribution in [2.45, 2.75) is 18.7 Å². The zero-order valence-electron chi connectivity index (χ0n) is 11.0. The predicted molar refractivity (Wildman–Crippen MR) is 75.0 cm³/mol. The van der Waals surface area contributed by atoms with Gasteiger partial charge in [-0.3, -0.25) is 4.21 Å². The molecule has 98 valence electrons. The number of hydrogen-bond donors (Lipinski definition) is 1. The van der Waals surface area contributed by atoms with Crippen molar-refractivity contribution in [3.63, 3.8) is 0 Å². The van der Waals surface area contributed by atoms with Crippen molar-refractivity contribution in [3.05, 3.63) is 35.8 Å². The van der Waals surface area contributed by atoms with Crippen molar-refractivity contribution in [1.29, 1.82) is 0 Å². The van der Waals surface area contributed by atoms with Crippen LogP contribution in [0.25, 0.3) is 16.6 Å². The van der Waals surface area contributed by atoms with E-state index in [9.17, 15) is 4.21 Å². The van der Waals surface area contributed by atoms with Gasteiger partial charge >= 0.3 is 0 Å². The summed E-state index contributed by atoms with van der Waals surface area (Å²) >= 11 is 0. The predicted octanol–water partition coefficient (Wildman–Crippen LogP) is 2.10. The number of benzene rings is 1. The molecule has 6 heteroatoms. The van der Waals surface area contributed by atoms with E-state index in [0.29, 0.717) is 0 Å². The Labute approximate surface area is 113 Å². The van der Waals surface area contributed by atoms with E-state index in [1.54, 1.807) is 23.4 Å². The van der Waals surface area contributed by atoms with Crippen molar-refractivity contribution in [1.82, 2.24) is 20.0 Å². The highest BCUT2D eigenvalue weighted by Gasteiger charge is 2.14. The quantitative estimate of drug-likeness (QED) is 0.778. The van der Waals surface area contributed by atoms with Gasteiger partial charge in [-0.15, -0.1) is 4.80 Å². The fourth-order valence-electron chi connectivity index (χ4n) is 2.20. The smallest absolute Gasteiger partial charge is 0.113 e. The molecule has 0 amide bonds. The van der Waals surface area contributed by atoms with E-state index >= 15 is 0 Å². The summed E-state index contributed by atoms with van der Waals surface area (Å²) in [5, 5.41) is 9.57. The summed E-state index contributed by atoms with van der Waals surface area (Å²) in [5.74, 6) is 0. The number of aryl methyl sites for hydroxylation is 2. The molecule has 1 N–H and O–H groups in total. The zero-order valence-corrected chi connectivity index (χ0v) is 11.8. The standard InChI is InChI=1S/C13H14N4OS/c1-8-4-5-10-11(19(3)18)7-14-12(10)13(8)17-15-6-9(2)16-17/h4-7,14H,1-3H3. The Bertz CT molecular complexity index is 787. The van der Waals surface area contributed by atoms with Crippen LogP contribution in [0.5, 0.6) is 0 Å². The van der Waals surface area contributed by atoms with E-state index in [1.165, 1.54) is 0 Å². The van der Waals surface area contributed by atoms with E-state index in [-0.39, 0.29) is 0 Å². The van der Waals surface area contributed by atoms with Crippen LogP contribution in [0.1, 0.15) is 11.3 Å². The monoisotopic (exact) mass is 274 g/mol. The molecule has 0 saturated heterocycles. The molecule has 0 radical (unpaired) electrons. The summed E-state index contributed by atoms with van der Waals surface area (Å²) in [6, 6.07) is 3.98. The molecule has 0 saturated carbocycles. The van der Waals surface area contributed by atoms with E-state index in [0.717, 1.165) is 32.7 Å². The largest absolute Gasteiger partial charge is 0.358 e. The third-order valence-corrected chi connectivity index (χ3v) is 4.07. The first-order chi connectivity index (χ1) is 9.08. The van der Waals surface area contributed by atoms with Crippen LogP contribution in [-0.2, 0) is 10.8 Å². The SMILES string of the molecule is Cc1cnn(-c2c(C)ccc3c(S(C)=O)c[nH]c23)n1. The molecule has 0 aliphatic heterocycles. The Morgan fingerprint density at radius 1 is 1.32 bits per heavy atom. The maximum atomic E-state index is 11.7. The Kier molecular flexibility index (Phi) is 2.74. The van der Waals surface area contributed by atoms with Gasteiger partial charge in [-0.05, 0) is 19.4 Å². The van der Waals surface area contributed by atoms with Crippen LogP contribution in [0.4, 0.5) is 0 Å². The lowest BCUT2D eigenvalue weighted by atomic mass is 10.1. The van der Waals surface area contributed by atoms with Gasteiger partial charge < -0.3 is 4.98 Å². The number of H-pyrrole nitrogens is 1. The van der Waals surface area contributed by atoms with Gasteiger partial charge in [-0.25, -0.2) is 0 Å². The van der Waals surface area contributed by atoms with Gasteiger partial charge in [0.2, 0.25) is 0 Å². The molecule has 0 bridgehead atoms. The number of nitrogens with zero attached hydrogens (tertiary/aromatic N) is 3. The first-order valence-corrected chi connectivity index (χ1v) is 7.47. The molecule has 2 aromatic heterocycles. The lowest BCUT2D eigenvalue weighted by molar-refractivity contribution is 0.687. The highest BCUT2D eigenvalue weighted by atomic mass is 32.2. The average molecular weight is 274 g/mol. The molecule has 1 atom stereocenters. The minimum atomic E-state index is -1.02. The second-order valence-corrected chi connectivity index (χ2v) is 5.88. The van der Waals surface area contributed by atoms with Gasteiger partial charge in [0.05, 0.1) is 33.1 Å². The fraction of sp³-hybridized carbons (Fsp3) is 0.231. The molecule has 0 aliphatic carbocycles. The van der Waals surface area contributed by atoms with Gasteiger partial charge in [0, 0.05) is 17.8 Å². The van der Waals surface area contributed by atoms with Gasteiger partial charge in [0.25, 0.3) is 0 Å². The highest BCUT2D eigenvalue weighted by Crippen LogP contribution is 2.28. The second-order valence-electron chi connectivity index (χ2n) is 4.54. The number of aromatic nitrogens is 4. The second kappa shape index (κ2) is 4.31. The van der Waals surface area contributed by atoms with Crippen molar-refractivity contribution < 1.29 is 4.21 Å². The van der Waals surface area contributed by atoms with Crippen molar-refractivity contribution in [2.75, 3.05) is 6.26 Å². The Morgan fingerprint density at radius 2 is 2.11 bits per heavy atom. The lowest BCUT2D eigenvalue weighted by Gasteiger charge is -2.06.